The molecular formula is C39H68N12O25. The van der Waals surface area contributed by atoms with Crippen LogP contribution < -0.4 is 16.4 Å². The Bertz CT molecular complexity index is 1920. The average molecular weight is 1110 g/mol. The monoisotopic (exact) mass is 1100 g/mol. The quantitative estimate of drug-likeness (QED) is 0.0278. The van der Waals surface area contributed by atoms with Crippen molar-refractivity contribution in [3.8, 4) is 0 Å². The van der Waals surface area contributed by atoms with E-state index in [1.807, 2.05) is 0 Å². The van der Waals surface area contributed by atoms with E-state index in [4.69, 9.17) is 30.7 Å². The minimum absolute atomic E-state index is 0.660. The molecule has 0 saturated carbocycles. The van der Waals surface area contributed by atoms with Crippen LogP contribution in [0.2, 0.25) is 0 Å². The molecule has 76 heavy (non-hydrogen) atoms. The van der Waals surface area contributed by atoms with Gasteiger partial charge in [-0.2, -0.15) is 16.4 Å². The molecule has 0 aromatic heterocycles. The molecule has 37 nitrogen and oxygen atoms in total. The lowest BCUT2D eigenvalue weighted by Gasteiger charge is -2.48. The summed E-state index contributed by atoms with van der Waals surface area (Å²) in [5.41, 5.74) is 1.89. The number of rotatable bonds is 17. The first-order valence-corrected chi connectivity index (χ1v) is 22.7. The predicted octanol–water partition coefficient (Wildman–Crippen LogP) is -14.8. The fourth-order valence-electron chi connectivity index (χ4n) is 8.46. The van der Waals surface area contributed by atoms with Crippen LogP contribution in [0.5, 0.6) is 0 Å². The van der Waals surface area contributed by atoms with Crippen LogP contribution >= 0.6 is 0 Å². The molecule has 0 spiro atoms. The zero-order valence-electron chi connectivity index (χ0n) is 41.0. The number of carbonyl (C=O) groups excluding carboxylic acids is 6. The smallest absolute Gasteiger partial charge is 0.364 e. The van der Waals surface area contributed by atoms with Crippen LogP contribution in [0.4, 0.5) is 0 Å². The van der Waals surface area contributed by atoms with E-state index < -0.39 is 222 Å². The van der Waals surface area contributed by atoms with Gasteiger partial charge in [0, 0.05) is 21.1 Å². The van der Waals surface area contributed by atoms with Gasteiger partial charge in [-0.15, -0.1) is 0 Å². The molecule has 0 aliphatic carbocycles. The van der Waals surface area contributed by atoms with E-state index in [2.05, 4.69) is 0 Å². The third-order valence-electron chi connectivity index (χ3n) is 12.9. The standard InChI is InChI=1S/C39H68N12O25/c1-46(6-21(58)49-15(9-52)26(63)32(69)27(64)16(49)10-53)36(40)43-74-24(61)4-39(73,35(72)76-45-38(42)48(3)8-23(60)51-19(13-56)30(67)34(71)31(68)20(51)14-57)5-25(62)75-44-37(41)47(2)7-22(59)50-17(11-54)28(65)33(70)29(66)18(50)12-55/h15-20,26-34,52-57,63-71,73H,4-14H2,1-3H3,(H2,40,43)(H2,41,44)(H2,42,45)/t15-,16-,17-,18-,19-,20-,26-,27+,28-,29+,30-,31+,32-,33-,34-/m1/s1. The van der Waals surface area contributed by atoms with E-state index in [0.717, 1.165) is 30.9 Å². The number of amides is 3. The van der Waals surface area contributed by atoms with Crippen LogP contribution in [0.1, 0.15) is 12.8 Å². The van der Waals surface area contributed by atoms with Crippen molar-refractivity contribution in [2.24, 2.45) is 0 Å². The Morgan fingerprint density at radius 3 is 0.842 bits per heavy atom. The van der Waals surface area contributed by atoms with Crippen LogP contribution in [0.3, 0.4) is 0 Å². The maximum atomic E-state index is 13.5. The van der Waals surface area contributed by atoms with E-state index in [9.17, 15) is 110 Å². The molecule has 15 atom stereocenters. The van der Waals surface area contributed by atoms with Gasteiger partial charge in [0.25, 0.3) is 0 Å². The SMILES string of the molecule is CN(CC(=O)N1[C@H](CO)[C@H](O)[C@H](O)[C@H](O)[C@H]1CO)C(=N)NOC(=O)CC(O)(CC(=O)ONC(=N)N(C)CC(=O)N1[C@H](CO)[C@H](O)[C@H](O)[C@H](O)[C@H]1CO)C(=O)ONC(=N)N(C)CC(=O)N1[C@H](CO)[C@H](O)[C@H](O)[C@H](O)[C@H]1CO. The van der Waals surface area contributed by atoms with E-state index in [1.165, 1.54) is 0 Å². The van der Waals surface area contributed by atoms with Gasteiger partial charge < -0.3 is 126 Å². The van der Waals surface area contributed by atoms with E-state index in [0.29, 0.717) is 19.6 Å². The molecule has 3 amide bonds. The number of hydrogen-bond donors (Lipinski definition) is 22. The number of aliphatic hydroxyl groups excluding tert-OH is 15. The fraction of sp³-hybridized carbons (Fsp3) is 0.769. The number of likely N-dealkylation sites (tertiary alicyclic amines) is 3. The molecule has 3 aliphatic rings. The highest BCUT2D eigenvalue weighted by atomic mass is 16.7. The van der Waals surface area contributed by atoms with Crippen LogP contribution in [0.15, 0.2) is 0 Å². The molecule has 3 saturated heterocycles. The lowest BCUT2D eigenvalue weighted by atomic mass is 9.88. The zero-order valence-corrected chi connectivity index (χ0v) is 41.0. The van der Waals surface area contributed by atoms with Crippen molar-refractivity contribution in [2.45, 2.75) is 110 Å². The molecule has 3 heterocycles. The summed E-state index contributed by atoms with van der Waals surface area (Å²) in [6.45, 7) is -8.32. The minimum Gasteiger partial charge on any atom is -0.394 e. The van der Waals surface area contributed by atoms with Crippen molar-refractivity contribution >= 4 is 53.5 Å². The summed E-state index contributed by atoms with van der Waals surface area (Å²) in [7, 11) is 3.16. The fourth-order valence-corrected chi connectivity index (χ4v) is 8.46. The number of hydrogen-bond acceptors (Lipinski definition) is 28. The Hall–Kier alpha value is -6.01. The molecule has 3 aliphatic heterocycles. The third kappa shape index (κ3) is 14.5. The van der Waals surface area contributed by atoms with Crippen LogP contribution in [0.25, 0.3) is 0 Å². The van der Waals surface area contributed by atoms with E-state index in [1.54, 1.807) is 16.4 Å². The van der Waals surface area contributed by atoms with Crippen molar-refractivity contribution < 1.29 is 125 Å². The normalized spacial score (nSPS) is 30.2. The average Bonchev–Trinajstić information content (AvgIpc) is 3.38. The first-order valence-electron chi connectivity index (χ1n) is 22.7. The lowest BCUT2D eigenvalue weighted by molar-refractivity contribution is -0.188. The zero-order chi connectivity index (χ0) is 57.8. The summed E-state index contributed by atoms with van der Waals surface area (Å²) >= 11 is 0. The van der Waals surface area contributed by atoms with Gasteiger partial charge in [-0.1, -0.05) is 0 Å². The number of guanidine groups is 3. The van der Waals surface area contributed by atoms with Crippen molar-refractivity contribution in [1.82, 2.24) is 45.8 Å². The lowest BCUT2D eigenvalue weighted by Crippen LogP contribution is -2.70. The molecule has 0 radical (unpaired) electrons. The second-order valence-electron chi connectivity index (χ2n) is 18.0. The van der Waals surface area contributed by atoms with Gasteiger partial charge in [-0.25, -0.2) is 14.4 Å². The largest absolute Gasteiger partial charge is 0.394 e. The molecule has 37 heteroatoms. The number of piperidine rings is 3. The molecular weight excluding hydrogens is 1040 g/mol. The third-order valence-corrected chi connectivity index (χ3v) is 12.9. The maximum absolute atomic E-state index is 13.5. The highest BCUT2D eigenvalue weighted by Crippen LogP contribution is 2.28. The Balaban J connectivity index is 1.76. The molecule has 0 aromatic carbocycles. The number of hydroxylamine groups is 3. The van der Waals surface area contributed by atoms with Gasteiger partial charge >= 0.3 is 17.9 Å². The molecule has 434 valence electrons. The van der Waals surface area contributed by atoms with Gasteiger partial charge in [-0.3, -0.25) is 30.6 Å². The van der Waals surface area contributed by atoms with Gasteiger partial charge in [0.1, 0.15) is 54.9 Å². The first-order chi connectivity index (χ1) is 35.5. The second-order valence-corrected chi connectivity index (χ2v) is 18.0. The summed E-state index contributed by atoms with van der Waals surface area (Å²) < 4.78 is 0. The number of aliphatic hydroxyl groups is 16. The van der Waals surface area contributed by atoms with E-state index in [-0.39, 0.29) is 0 Å². The number of likely N-dealkylation sites (N-methyl/N-ethyl adjacent to an activating group) is 3. The molecule has 0 aromatic rings. The number of nitrogens with one attached hydrogen (secondary N) is 6. The summed E-state index contributed by atoms with van der Waals surface area (Å²) in [6.07, 6.45) is -20.2. The predicted molar refractivity (Wildman–Crippen MR) is 243 cm³/mol. The first kappa shape index (κ1) is 64.3. The van der Waals surface area contributed by atoms with Crippen molar-refractivity contribution in [2.75, 3.05) is 80.4 Å². The van der Waals surface area contributed by atoms with Gasteiger partial charge in [0.15, 0.2) is 5.60 Å². The summed E-state index contributed by atoms with van der Waals surface area (Å²) in [5, 5.41) is 188. The Morgan fingerprint density at radius 1 is 0.421 bits per heavy atom. The van der Waals surface area contributed by atoms with Crippen molar-refractivity contribution in [1.29, 1.82) is 16.2 Å². The summed E-state index contributed by atoms with van der Waals surface area (Å²) in [5.74, 6) is -11.3. The van der Waals surface area contributed by atoms with E-state index >= 15 is 0 Å². The van der Waals surface area contributed by atoms with Crippen molar-refractivity contribution in [3.05, 3.63) is 0 Å². The Morgan fingerprint density at radius 2 is 0.632 bits per heavy atom. The number of nitrogens with zero attached hydrogens (tertiary/aromatic N) is 6. The molecule has 3 rings (SSSR count). The minimum atomic E-state index is -3.41. The molecule has 3 fully saturated rings. The molecule has 22 N–H and O–H groups in total. The molecule has 0 bridgehead atoms. The van der Waals surface area contributed by atoms with Gasteiger partial charge in [-0.05, 0) is 0 Å². The van der Waals surface area contributed by atoms with Gasteiger partial charge in [0.05, 0.1) is 108 Å². The van der Waals surface area contributed by atoms with Crippen LogP contribution in [-0.4, -0.2) is 342 Å². The van der Waals surface area contributed by atoms with Crippen LogP contribution in [-0.2, 0) is 43.3 Å². The van der Waals surface area contributed by atoms with Gasteiger partial charge in [0.2, 0.25) is 35.6 Å². The highest BCUT2D eigenvalue weighted by molar-refractivity contribution is 5.92. The topological polar surface area (TPSA) is 581 Å². The Labute approximate surface area is 430 Å². The van der Waals surface area contributed by atoms with Crippen molar-refractivity contribution in [3.63, 3.8) is 0 Å². The molecule has 0 unspecified atom stereocenters. The number of carbonyl (C=O) groups is 6. The summed E-state index contributed by atoms with van der Waals surface area (Å²) in [4.78, 5) is 98.1. The highest BCUT2D eigenvalue weighted by Gasteiger charge is 2.52. The second kappa shape index (κ2) is 27.9. The Kier molecular flexibility index (Phi) is 23.6. The summed E-state index contributed by atoms with van der Waals surface area (Å²) in [6, 6.07) is -9.29. The maximum Gasteiger partial charge on any atom is 0.364 e. The van der Waals surface area contributed by atoms with Crippen LogP contribution in [0, 0.1) is 16.2 Å².